The number of carboxylic acid groups (broad SMARTS) is 1. The summed E-state index contributed by atoms with van der Waals surface area (Å²) in [5.41, 5.74) is 0.109. The number of aromatic nitrogens is 1. The SMILES string of the molecule is O=C(O)Cc1ccnc(F)c1-c1ccccc1F. The summed E-state index contributed by atoms with van der Waals surface area (Å²) in [6, 6.07) is 6.98. The summed E-state index contributed by atoms with van der Waals surface area (Å²) < 4.78 is 27.3. The highest BCUT2D eigenvalue weighted by molar-refractivity contribution is 5.76. The van der Waals surface area contributed by atoms with Crippen molar-refractivity contribution in [3.63, 3.8) is 0 Å². The van der Waals surface area contributed by atoms with Crippen molar-refractivity contribution in [3.05, 3.63) is 53.9 Å². The number of carbonyl (C=O) groups is 1. The first-order valence-electron chi connectivity index (χ1n) is 5.19. The maximum atomic E-state index is 13.7. The Hall–Kier alpha value is -2.30. The van der Waals surface area contributed by atoms with Crippen LogP contribution in [0.4, 0.5) is 8.78 Å². The third kappa shape index (κ3) is 2.34. The quantitative estimate of drug-likeness (QED) is 0.851. The maximum absolute atomic E-state index is 13.7. The molecule has 0 aliphatic heterocycles. The van der Waals surface area contributed by atoms with E-state index in [1.54, 1.807) is 6.07 Å². The number of benzene rings is 1. The topological polar surface area (TPSA) is 50.2 Å². The Morgan fingerprint density at radius 3 is 2.61 bits per heavy atom. The Bertz CT molecular complexity index is 599. The minimum atomic E-state index is -1.11. The van der Waals surface area contributed by atoms with Crippen LogP contribution in [-0.4, -0.2) is 16.1 Å². The molecule has 0 spiro atoms. The molecule has 1 aromatic carbocycles. The molecule has 2 aromatic rings. The van der Waals surface area contributed by atoms with Crippen molar-refractivity contribution in [1.29, 1.82) is 0 Å². The Balaban J connectivity index is 2.62. The molecular weight excluding hydrogens is 240 g/mol. The van der Waals surface area contributed by atoms with Gasteiger partial charge in [-0.2, -0.15) is 4.39 Å². The minimum Gasteiger partial charge on any atom is -0.481 e. The zero-order chi connectivity index (χ0) is 13.1. The average molecular weight is 249 g/mol. The van der Waals surface area contributed by atoms with Crippen LogP contribution in [0.1, 0.15) is 5.56 Å². The normalized spacial score (nSPS) is 10.3. The molecule has 2 rings (SSSR count). The largest absolute Gasteiger partial charge is 0.481 e. The van der Waals surface area contributed by atoms with Crippen LogP contribution in [0.2, 0.25) is 0 Å². The van der Waals surface area contributed by atoms with Gasteiger partial charge in [0.25, 0.3) is 0 Å². The molecule has 1 aromatic heterocycles. The lowest BCUT2D eigenvalue weighted by Gasteiger charge is -2.09. The molecule has 92 valence electrons. The van der Waals surface area contributed by atoms with Gasteiger partial charge in [0.05, 0.1) is 6.42 Å². The first-order valence-corrected chi connectivity index (χ1v) is 5.19. The zero-order valence-corrected chi connectivity index (χ0v) is 9.23. The molecule has 0 unspecified atom stereocenters. The van der Waals surface area contributed by atoms with Gasteiger partial charge in [0.1, 0.15) is 5.82 Å². The fourth-order valence-corrected chi connectivity index (χ4v) is 1.73. The van der Waals surface area contributed by atoms with Gasteiger partial charge in [-0.25, -0.2) is 9.37 Å². The smallest absolute Gasteiger partial charge is 0.307 e. The summed E-state index contributed by atoms with van der Waals surface area (Å²) in [5.74, 6) is -2.60. The van der Waals surface area contributed by atoms with Gasteiger partial charge in [-0.3, -0.25) is 4.79 Å². The monoisotopic (exact) mass is 249 g/mol. The van der Waals surface area contributed by atoms with Crippen LogP contribution in [-0.2, 0) is 11.2 Å². The van der Waals surface area contributed by atoms with Crippen molar-refractivity contribution in [2.45, 2.75) is 6.42 Å². The summed E-state index contributed by atoms with van der Waals surface area (Å²) in [5, 5.41) is 8.76. The number of nitrogens with zero attached hydrogens (tertiary/aromatic N) is 1. The van der Waals surface area contributed by atoms with E-state index < -0.39 is 17.7 Å². The van der Waals surface area contributed by atoms with Crippen LogP contribution in [0, 0.1) is 11.8 Å². The van der Waals surface area contributed by atoms with E-state index in [0.29, 0.717) is 0 Å². The molecule has 3 nitrogen and oxygen atoms in total. The van der Waals surface area contributed by atoms with E-state index in [-0.39, 0.29) is 23.1 Å². The van der Waals surface area contributed by atoms with Crippen molar-refractivity contribution in [1.82, 2.24) is 4.98 Å². The van der Waals surface area contributed by atoms with E-state index in [9.17, 15) is 13.6 Å². The Labute approximate surface area is 102 Å². The van der Waals surface area contributed by atoms with Crippen molar-refractivity contribution < 1.29 is 18.7 Å². The van der Waals surface area contributed by atoms with Crippen molar-refractivity contribution in [3.8, 4) is 11.1 Å². The Kier molecular flexibility index (Phi) is 3.32. The lowest BCUT2D eigenvalue weighted by molar-refractivity contribution is -0.136. The second kappa shape index (κ2) is 4.91. The van der Waals surface area contributed by atoms with Crippen LogP contribution in [0.15, 0.2) is 36.5 Å². The molecule has 0 aliphatic carbocycles. The molecule has 0 amide bonds. The molecule has 0 radical (unpaired) electrons. The van der Waals surface area contributed by atoms with Crippen LogP contribution in [0.25, 0.3) is 11.1 Å². The lowest BCUT2D eigenvalue weighted by atomic mass is 9.99. The van der Waals surface area contributed by atoms with Gasteiger partial charge >= 0.3 is 5.97 Å². The second-order valence-corrected chi connectivity index (χ2v) is 3.69. The van der Waals surface area contributed by atoms with Crippen molar-refractivity contribution in [2.75, 3.05) is 0 Å². The Morgan fingerprint density at radius 1 is 1.22 bits per heavy atom. The van der Waals surface area contributed by atoms with E-state index in [2.05, 4.69) is 4.98 Å². The van der Waals surface area contributed by atoms with Crippen LogP contribution in [0.3, 0.4) is 0 Å². The predicted octanol–water partition coefficient (Wildman–Crippen LogP) is 2.65. The third-order valence-electron chi connectivity index (χ3n) is 2.48. The van der Waals surface area contributed by atoms with Crippen LogP contribution in [0.5, 0.6) is 0 Å². The number of carboxylic acids is 1. The molecule has 0 fully saturated rings. The summed E-state index contributed by atoms with van der Waals surface area (Å²) in [6.45, 7) is 0. The van der Waals surface area contributed by atoms with E-state index >= 15 is 0 Å². The maximum Gasteiger partial charge on any atom is 0.307 e. The summed E-state index contributed by atoms with van der Waals surface area (Å²) in [6.07, 6.45) is 0.779. The fraction of sp³-hybridized carbons (Fsp3) is 0.0769. The van der Waals surface area contributed by atoms with E-state index in [1.807, 2.05) is 0 Å². The van der Waals surface area contributed by atoms with Crippen LogP contribution < -0.4 is 0 Å². The third-order valence-corrected chi connectivity index (χ3v) is 2.48. The minimum absolute atomic E-state index is 0.0133. The van der Waals surface area contributed by atoms with Gasteiger partial charge in [-0.15, -0.1) is 0 Å². The van der Waals surface area contributed by atoms with Crippen LogP contribution >= 0.6 is 0 Å². The number of hydrogen-bond donors (Lipinski definition) is 1. The highest BCUT2D eigenvalue weighted by Crippen LogP contribution is 2.28. The number of pyridine rings is 1. The molecule has 0 bridgehead atoms. The summed E-state index contributed by atoms with van der Waals surface area (Å²) in [7, 11) is 0. The Morgan fingerprint density at radius 2 is 1.94 bits per heavy atom. The van der Waals surface area contributed by atoms with Crippen molar-refractivity contribution in [2.24, 2.45) is 0 Å². The molecule has 1 heterocycles. The van der Waals surface area contributed by atoms with Gasteiger partial charge in [0.15, 0.2) is 0 Å². The molecule has 18 heavy (non-hydrogen) atoms. The zero-order valence-electron chi connectivity index (χ0n) is 9.23. The van der Waals surface area contributed by atoms with Gasteiger partial charge < -0.3 is 5.11 Å². The number of hydrogen-bond acceptors (Lipinski definition) is 2. The summed E-state index contributed by atoms with van der Waals surface area (Å²) >= 11 is 0. The molecular formula is C13H9F2NO2. The lowest BCUT2D eigenvalue weighted by Crippen LogP contribution is -2.05. The standard InChI is InChI=1S/C13H9F2NO2/c14-10-4-2-1-3-9(10)12-8(7-11(17)18)5-6-16-13(12)15/h1-6H,7H2,(H,17,18). The van der Waals surface area contributed by atoms with Gasteiger partial charge in [-0.05, 0) is 17.7 Å². The number of halogens is 2. The van der Waals surface area contributed by atoms with E-state index in [1.165, 1.54) is 24.3 Å². The van der Waals surface area contributed by atoms with E-state index in [0.717, 1.165) is 6.20 Å². The fourth-order valence-electron chi connectivity index (χ4n) is 1.73. The van der Waals surface area contributed by atoms with Crippen molar-refractivity contribution >= 4 is 5.97 Å². The second-order valence-electron chi connectivity index (χ2n) is 3.69. The van der Waals surface area contributed by atoms with E-state index in [4.69, 9.17) is 5.11 Å². The first kappa shape index (κ1) is 12.2. The predicted molar refractivity (Wildman–Crippen MR) is 60.9 cm³/mol. The molecule has 0 saturated heterocycles. The number of rotatable bonds is 3. The molecule has 0 aliphatic rings. The molecule has 0 saturated carbocycles. The highest BCUT2D eigenvalue weighted by Gasteiger charge is 2.16. The number of aliphatic carboxylic acids is 1. The summed E-state index contributed by atoms with van der Waals surface area (Å²) in [4.78, 5) is 14.2. The molecule has 5 heteroatoms. The molecule has 0 atom stereocenters. The van der Waals surface area contributed by atoms with Gasteiger partial charge in [-0.1, -0.05) is 18.2 Å². The van der Waals surface area contributed by atoms with Gasteiger partial charge in [0.2, 0.25) is 5.95 Å². The van der Waals surface area contributed by atoms with Gasteiger partial charge in [0, 0.05) is 17.3 Å². The highest BCUT2D eigenvalue weighted by atomic mass is 19.1. The first-order chi connectivity index (χ1) is 8.59. The molecule has 1 N–H and O–H groups in total. The average Bonchev–Trinajstić information content (AvgIpc) is 2.30.